The van der Waals surface area contributed by atoms with E-state index in [-0.39, 0.29) is 0 Å². The normalized spacial score (nSPS) is 11.1. The minimum absolute atomic E-state index is 0.371. The molecule has 0 fully saturated rings. The molecule has 0 unspecified atom stereocenters. The molecule has 1 heteroatoms. The van der Waals surface area contributed by atoms with Gasteiger partial charge in [0.05, 0.1) is 0 Å². The van der Waals surface area contributed by atoms with Crippen molar-refractivity contribution in [2.75, 3.05) is 6.61 Å². The van der Waals surface area contributed by atoms with Crippen LogP contribution in [0.4, 0.5) is 0 Å². The van der Waals surface area contributed by atoms with Crippen LogP contribution >= 0.6 is 0 Å². The van der Waals surface area contributed by atoms with Crippen molar-refractivity contribution < 1.29 is 5.11 Å². The highest BCUT2D eigenvalue weighted by molar-refractivity contribution is 4.50. The van der Waals surface area contributed by atoms with E-state index in [1.165, 1.54) is 103 Å². The molecule has 0 aliphatic carbocycles. The first-order valence-electron chi connectivity index (χ1n) is 9.82. The molecule has 0 aromatic rings. The number of hydrogen-bond donors (Lipinski definition) is 1. The summed E-state index contributed by atoms with van der Waals surface area (Å²) >= 11 is 0. The first-order valence-corrected chi connectivity index (χ1v) is 9.82. The maximum absolute atomic E-state index is 8.69. The zero-order chi connectivity index (χ0) is 15.4. The van der Waals surface area contributed by atoms with Crippen LogP contribution in [0.2, 0.25) is 0 Å². The van der Waals surface area contributed by atoms with Crippen LogP contribution in [-0.2, 0) is 0 Å². The van der Waals surface area contributed by atoms with Crippen LogP contribution in [0.1, 0.15) is 116 Å². The van der Waals surface area contributed by atoms with Crippen LogP contribution in [-0.4, -0.2) is 11.7 Å². The Kier molecular flexibility index (Phi) is 19.9. The monoisotopic (exact) mass is 297 g/mol. The van der Waals surface area contributed by atoms with Crippen LogP contribution in [0, 0.1) is 6.92 Å². The van der Waals surface area contributed by atoms with Crippen molar-refractivity contribution in [1.29, 1.82) is 0 Å². The Morgan fingerprint density at radius 3 is 0.857 bits per heavy atom. The second-order valence-corrected chi connectivity index (χ2v) is 6.59. The molecule has 21 heavy (non-hydrogen) atoms. The lowest BCUT2D eigenvalue weighted by molar-refractivity contribution is 0.282. The second kappa shape index (κ2) is 20.0. The molecular formula is C20H41O. The predicted molar refractivity (Wildman–Crippen MR) is 95.5 cm³/mol. The largest absolute Gasteiger partial charge is 0.396 e. The lowest BCUT2D eigenvalue weighted by Gasteiger charge is -2.03. The molecule has 0 rings (SSSR count). The molecule has 0 aliphatic rings. The van der Waals surface area contributed by atoms with Gasteiger partial charge in [-0.25, -0.2) is 0 Å². The molecule has 0 heterocycles. The summed E-state index contributed by atoms with van der Waals surface area (Å²) in [5.41, 5.74) is 0. The van der Waals surface area contributed by atoms with Gasteiger partial charge in [-0.1, -0.05) is 116 Å². The lowest BCUT2D eigenvalue weighted by atomic mass is 10.0. The molecule has 1 nitrogen and oxygen atoms in total. The van der Waals surface area contributed by atoms with Crippen molar-refractivity contribution in [3.8, 4) is 0 Å². The molecule has 0 aliphatic heterocycles. The number of hydrogen-bond acceptors (Lipinski definition) is 1. The van der Waals surface area contributed by atoms with Gasteiger partial charge in [0.1, 0.15) is 0 Å². The summed E-state index contributed by atoms with van der Waals surface area (Å²) in [4.78, 5) is 0. The topological polar surface area (TPSA) is 20.2 Å². The minimum Gasteiger partial charge on any atom is -0.396 e. The molecule has 0 spiro atoms. The van der Waals surface area contributed by atoms with Gasteiger partial charge < -0.3 is 5.11 Å². The fourth-order valence-corrected chi connectivity index (χ4v) is 2.94. The molecule has 1 N–H and O–H groups in total. The summed E-state index contributed by atoms with van der Waals surface area (Å²) in [5.74, 6) is 0. The van der Waals surface area contributed by atoms with E-state index in [2.05, 4.69) is 6.92 Å². The molecule has 0 atom stereocenters. The highest BCUT2D eigenvalue weighted by Crippen LogP contribution is 2.14. The first-order chi connectivity index (χ1) is 10.4. The zero-order valence-electron chi connectivity index (χ0n) is 14.6. The van der Waals surface area contributed by atoms with Crippen molar-refractivity contribution in [2.24, 2.45) is 0 Å². The summed E-state index contributed by atoms with van der Waals surface area (Å²) in [7, 11) is 0. The van der Waals surface area contributed by atoms with E-state index in [4.69, 9.17) is 5.11 Å². The quantitative estimate of drug-likeness (QED) is 0.275. The van der Waals surface area contributed by atoms with Crippen molar-refractivity contribution >= 4 is 0 Å². The van der Waals surface area contributed by atoms with Crippen LogP contribution in [0.3, 0.4) is 0 Å². The predicted octanol–water partition coefficient (Wildman–Crippen LogP) is 6.83. The average Bonchev–Trinajstić information content (AvgIpc) is 2.50. The molecule has 0 aromatic carbocycles. The standard InChI is InChI=1S/C20H41O/c1-2-3-4-5-6-7-8-9-10-11-12-13-14-15-16-17-18-19-20-21/h21H,1-20H2. The second-order valence-electron chi connectivity index (χ2n) is 6.59. The summed E-state index contributed by atoms with van der Waals surface area (Å²) in [6.07, 6.45) is 24.6. The van der Waals surface area contributed by atoms with Gasteiger partial charge >= 0.3 is 0 Å². The summed E-state index contributed by atoms with van der Waals surface area (Å²) < 4.78 is 0. The van der Waals surface area contributed by atoms with E-state index in [0.717, 1.165) is 12.8 Å². The van der Waals surface area contributed by atoms with E-state index in [0.29, 0.717) is 6.61 Å². The summed E-state index contributed by atoms with van der Waals surface area (Å²) in [6, 6.07) is 0. The number of aliphatic hydroxyl groups excluding tert-OH is 1. The van der Waals surface area contributed by atoms with Gasteiger partial charge in [-0.3, -0.25) is 0 Å². The van der Waals surface area contributed by atoms with Gasteiger partial charge in [-0.05, 0) is 6.42 Å². The average molecular weight is 298 g/mol. The maximum Gasteiger partial charge on any atom is 0.0431 e. The smallest absolute Gasteiger partial charge is 0.0431 e. The molecule has 0 amide bonds. The van der Waals surface area contributed by atoms with Crippen LogP contribution in [0.5, 0.6) is 0 Å². The van der Waals surface area contributed by atoms with Crippen molar-refractivity contribution in [3.05, 3.63) is 6.92 Å². The number of aliphatic hydroxyl groups is 1. The third-order valence-electron chi connectivity index (χ3n) is 4.41. The SMILES string of the molecule is [CH2]CCCCCCCCCCCCCCCCCCCO. The molecule has 127 valence electrons. The van der Waals surface area contributed by atoms with E-state index in [1.807, 2.05) is 0 Å². The lowest BCUT2D eigenvalue weighted by Crippen LogP contribution is -1.85. The molecule has 0 saturated heterocycles. The van der Waals surface area contributed by atoms with E-state index >= 15 is 0 Å². The number of rotatable bonds is 18. The Hall–Kier alpha value is -0.0400. The third kappa shape index (κ3) is 20.0. The van der Waals surface area contributed by atoms with Crippen LogP contribution in [0.25, 0.3) is 0 Å². The molecule has 0 saturated carbocycles. The van der Waals surface area contributed by atoms with Crippen LogP contribution in [0.15, 0.2) is 0 Å². The van der Waals surface area contributed by atoms with Crippen molar-refractivity contribution in [1.82, 2.24) is 0 Å². The van der Waals surface area contributed by atoms with Gasteiger partial charge in [0.25, 0.3) is 0 Å². The Balaban J connectivity index is 2.90. The van der Waals surface area contributed by atoms with Gasteiger partial charge in [0.15, 0.2) is 0 Å². The van der Waals surface area contributed by atoms with Crippen molar-refractivity contribution in [2.45, 2.75) is 116 Å². The fraction of sp³-hybridized carbons (Fsp3) is 0.950. The van der Waals surface area contributed by atoms with Crippen LogP contribution < -0.4 is 0 Å². The molecular weight excluding hydrogens is 256 g/mol. The first kappa shape index (κ1) is 21.0. The van der Waals surface area contributed by atoms with E-state index in [1.54, 1.807) is 0 Å². The Morgan fingerprint density at radius 1 is 0.381 bits per heavy atom. The van der Waals surface area contributed by atoms with Gasteiger partial charge in [-0.2, -0.15) is 0 Å². The van der Waals surface area contributed by atoms with Crippen molar-refractivity contribution in [3.63, 3.8) is 0 Å². The van der Waals surface area contributed by atoms with E-state index < -0.39 is 0 Å². The minimum atomic E-state index is 0.371. The third-order valence-corrected chi connectivity index (χ3v) is 4.41. The fourth-order valence-electron chi connectivity index (χ4n) is 2.94. The maximum atomic E-state index is 8.69. The van der Waals surface area contributed by atoms with E-state index in [9.17, 15) is 0 Å². The zero-order valence-corrected chi connectivity index (χ0v) is 14.6. The summed E-state index contributed by atoms with van der Waals surface area (Å²) in [5, 5.41) is 8.69. The highest BCUT2D eigenvalue weighted by atomic mass is 16.2. The Labute approximate surface area is 134 Å². The summed E-state index contributed by atoms with van der Waals surface area (Å²) in [6.45, 7) is 4.26. The highest BCUT2D eigenvalue weighted by Gasteiger charge is 1.94. The Bertz CT molecular complexity index is 149. The molecule has 0 bridgehead atoms. The number of unbranched alkanes of at least 4 members (excludes halogenated alkanes) is 17. The molecule has 1 radical (unpaired) electrons. The van der Waals surface area contributed by atoms with Gasteiger partial charge in [-0.15, -0.1) is 0 Å². The molecule has 0 aromatic heterocycles. The Morgan fingerprint density at radius 2 is 0.619 bits per heavy atom. The van der Waals surface area contributed by atoms with Gasteiger partial charge in [0.2, 0.25) is 0 Å². The van der Waals surface area contributed by atoms with Gasteiger partial charge in [0, 0.05) is 6.61 Å².